The molecule has 18 atom stereocenters. The quantitative estimate of drug-likeness (QED) is 0.182. The Hall–Kier alpha value is -1.01. The standard InChI is InChI=1S/C38H72N2O12/c1-15-27-38(10,46)31(42)24(6)40(13)19-20(2)17-36(8,45)33(52-35-29(41)26(39(11)12)16-21(3)48-35)22(4)30(23(5)34(44)50-27)51-28-18-37(9,47-14)32(43)25(7)49-28/h20-33,35,41-43,45-46H,15-19H2,1-14H3/t20-,21-,22+,23-,24-,25+,26+,27-,28+,29?,30+,31-,32+,33-,35+,36-,37-,38-/m1/s1/i13D3,19D2,29D,31D,32D,41D,42D,43D,45D,46D. The number of carbonyl (C=O) groups is 1. The summed E-state index contributed by atoms with van der Waals surface area (Å²) in [6, 6.07) is -2.77. The molecule has 3 rings (SSSR count). The summed E-state index contributed by atoms with van der Waals surface area (Å²) in [5.41, 5.74) is -6.11. The number of nitrogens with zero attached hydrogens (tertiary/aromatic N) is 2. The van der Waals surface area contributed by atoms with Gasteiger partial charge in [-0.05, 0) is 94.7 Å². The molecule has 3 heterocycles. The van der Waals surface area contributed by atoms with Crippen LogP contribution in [0.3, 0.4) is 0 Å². The van der Waals surface area contributed by atoms with Crippen molar-refractivity contribution in [2.45, 2.75) is 185 Å². The highest BCUT2D eigenvalue weighted by atomic mass is 16.7. The SMILES string of the molecule is [2H]OC1([2H])[C@H](O[C@@H]2[C@@H](C)[C@H](O[C@H]3C[C@@](C)(OC)[C@@]([2H])(O[2H])[C@H](C)O3)[C@@H](C)C(=O)O[C@H](CC)[C@@](C)(O[2H])[C@]([2H])(O[2H])[C@@H](C)N(C([2H])([2H])[2H])C([2H])([2H])[C@H](C)C[C@@]2(C)O[2H])O[C@H](C)C[C@@H]1N(C)C. The van der Waals surface area contributed by atoms with Crippen LogP contribution < -0.4 is 0 Å². The molecule has 0 aromatic rings. The van der Waals surface area contributed by atoms with Gasteiger partial charge < -0.3 is 63.8 Å². The van der Waals surface area contributed by atoms with Crippen LogP contribution >= 0.6 is 0 Å². The lowest BCUT2D eigenvalue weighted by molar-refractivity contribution is -0.318. The van der Waals surface area contributed by atoms with Crippen LogP contribution in [0, 0.1) is 17.8 Å². The molecule has 3 fully saturated rings. The smallest absolute Gasteiger partial charge is 0.311 e. The molecule has 14 nitrogen and oxygen atoms in total. The zero-order valence-electron chi connectivity index (χ0n) is 46.1. The van der Waals surface area contributed by atoms with Gasteiger partial charge in [0.25, 0.3) is 0 Å². The summed E-state index contributed by atoms with van der Waals surface area (Å²) < 4.78 is 151. The van der Waals surface area contributed by atoms with Crippen LogP contribution in [0.1, 0.15) is 106 Å². The molecule has 0 spiro atoms. The lowest BCUT2D eigenvalue weighted by Crippen LogP contribution is -2.60. The van der Waals surface area contributed by atoms with E-state index < -0.39 is 134 Å². The maximum atomic E-state index is 14.7. The Morgan fingerprint density at radius 2 is 1.75 bits per heavy atom. The Kier molecular flexibility index (Phi) is 10.0. The number of aliphatic hydroxyl groups is 5. The highest BCUT2D eigenvalue weighted by Gasteiger charge is 2.52. The van der Waals surface area contributed by atoms with E-state index in [2.05, 4.69) is 0 Å². The van der Waals surface area contributed by atoms with Gasteiger partial charge in [0.15, 0.2) is 12.6 Å². The summed E-state index contributed by atoms with van der Waals surface area (Å²) in [4.78, 5) is 16.7. The minimum absolute atomic E-state index is 0.198. The maximum Gasteiger partial charge on any atom is 0.311 e. The van der Waals surface area contributed by atoms with Gasteiger partial charge in [0.05, 0.1) is 45.6 Å². The van der Waals surface area contributed by atoms with Crippen molar-refractivity contribution in [3.8, 4) is 0 Å². The zero-order chi connectivity index (χ0) is 50.3. The average molecular weight is 762 g/mol. The minimum Gasteiger partial charge on any atom is -0.459 e. The first-order valence-corrected chi connectivity index (χ1v) is 18.2. The van der Waals surface area contributed by atoms with Crippen LogP contribution in [0.4, 0.5) is 0 Å². The summed E-state index contributed by atoms with van der Waals surface area (Å²) in [6.45, 7) is 7.75. The molecule has 0 saturated carbocycles. The molecule has 0 aliphatic carbocycles. The summed E-state index contributed by atoms with van der Waals surface area (Å²) >= 11 is 0. The summed E-state index contributed by atoms with van der Waals surface area (Å²) in [6.07, 6.45) is -17.6. The first-order valence-electron chi connectivity index (χ1n) is 24.3. The summed E-state index contributed by atoms with van der Waals surface area (Å²) in [5, 5.41) is 25.5. The molecule has 0 amide bonds. The van der Waals surface area contributed by atoms with Crippen LogP contribution in [-0.4, -0.2) is 173 Å². The molecule has 0 radical (unpaired) electrons. The van der Waals surface area contributed by atoms with Gasteiger partial charge >= 0.3 is 5.97 Å². The Balaban J connectivity index is 2.49. The number of hydrogen-bond acceptors (Lipinski definition) is 14. The molecule has 306 valence electrons. The fourth-order valence-electron chi connectivity index (χ4n) is 7.71. The summed E-state index contributed by atoms with van der Waals surface area (Å²) in [7, 11) is 4.67. The maximum absolute atomic E-state index is 14.7. The van der Waals surface area contributed by atoms with Gasteiger partial charge in [0.1, 0.15) is 29.9 Å². The highest BCUT2D eigenvalue weighted by Crippen LogP contribution is 2.40. The first-order chi connectivity index (χ1) is 29.7. The summed E-state index contributed by atoms with van der Waals surface area (Å²) in [5.74, 6) is -5.16. The molecule has 1 unspecified atom stereocenters. The number of hydrogen-bond donors (Lipinski definition) is 5. The molecule has 52 heavy (non-hydrogen) atoms. The van der Waals surface area contributed by atoms with Gasteiger partial charge in [-0.15, -0.1) is 0 Å². The highest BCUT2D eigenvalue weighted by molar-refractivity contribution is 5.73. The Morgan fingerprint density at radius 3 is 2.31 bits per heavy atom. The second kappa shape index (κ2) is 17.8. The predicted octanol–water partition coefficient (Wildman–Crippen LogP) is 1.90. The molecule has 5 N–H and O–H groups in total. The molecule has 3 aliphatic rings. The van der Waals surface area contributed by atoms with Crippen molar-refractivity contribution in [1.82, 2.24) is 9.80 Å². The normalized spacial score (nSPS) is 58.6. The third-order valence-corrected chi connectivity index (χ3v) is 11.0. The van der Waals surface area contributed by atoms with Gasteiger partial charge in [0, 0.05) is 44.9 Å². The number of likely N-dealkylation sites (N-methyl/N-ethyl adjacent to an activating group) is 2. The Labute approximate surface area is 330 Å². The Morgan fingerprint density at radius 1 is 1.04 bits per heavy atom. The molecular weight excluding hydrogens is 676 g/mol. The third kappa shape index (κ3) is 10.0. The van der Waals surface area contributed by atoms with Crippen LogP contribution in [-0.2, 0) is 33.2 Å². The van der Waals surface area contributed by atoms with Crippen molar-refractivity contribution in [2.75, 3.05) is 34.7 Å². The van der Waals surface area contributed by atoms with E-state index in [-0.39, 0.29) is 19.3 Å². The van der Waals surface area contributed by atoms with Gasteiger partial charge in [-0.3, -0.25) is 4.79 Å². The van der Waals surface area contributed by atoms with E-state index in [0.717, 1.165) is 13.8 Å². The van der Waals surface area contributed by atoms with Crippen molar-refractivity contribution in [1.29, 1.82) is 7.16 Å². The van der Waals surface area contributed by atoms with Gasteiger partial charge in [-0.1, -0.05) is 20.8 Å². The van der Waals surface area contributed by atoms with Crippen molar-refractivity contribution < 1.29 is 69.7 Å². The molecular formula is C38H72N2O12. The predicted molar refractivity (Wildman–Crippen MR) is 194 cm³/mol. The third-order valence-electron chi connectivity index (χ3n) is 11.0. The number of esters is 1. The number of methoxy groups -OCH3 is 1. The first kappa shape index (κ1) is 29.3. The molecule has 3 saturated heterocycles. The molecule has 0 bridgehead atoms. The van der Waals surface area contributed by atoms with Crippen molar-refractivity contribution >= 4 is 5.97 Å². The lowest BCUT2D eigenvalue weighted by atomic mass is 9.77. The van der Waals surface area contributed by atoms with Crippen LogP contribution in [0.2, 0.25) is 0 Å². The van der Waals surface area contributed by atoms with Crippen molar-refractivity contribution in [3.05, 3.63) is 0 Å². The Bertz CT molecular complexity index is 1590. The van der Waals surface area contributed by atoms with Crippen molar-refractivity contribution in [3.63, 3.8) is 0 Å². The van der Waals surface area contributed by atoms with E-state index in [4.69, 9.17) is 66.6 Å². The number of ether oxygens (including phenoxy) is 6. The second-order valence-electron chi connectivity index (χ2n) is 15.8. The van der Waals surface area contributed by atoms with Gasteiger partial charge in [-0.25, -0.2) is 0 Å². The van der Waals surface area contributed by atoms with E-state index in [0.29, 0.717) is 4.90 Å². The van der Waals surface area contributed by atoms with Crippen LogP contribution in [0.5, 0.6) is 0 Å². The average Bonchev–Trinajstić information content (AvgIpc) is 3.23. The van der Waals surface area contributed by atoms with E-state index in [9.17, 15) is 10.3 Å². The molecule has 3 aliphatic heterocycles. The number of carbonyl (C=O) groups excluding carboxylic acids is 1. The largest absolute Gasteiger partial charge is 0.459 e. The van der Waals surface area contributed by atoms with Crippen LogP contribution in [0.15, 0.2) is 0 Å². The zero-order valence-corrected chi connectivity index (χ0v) is 33.1. The fraction of sp³-hybridized carbons (Fsp3) is 0.974. The van der Waals surface area contributed by atoms with E-state index in [1.165, 1.54) is 48.7 Å². The van der Waals surface area contributed by atoms with Crippen molar-refractivity contribution in [2.24, 2.45) is 17.8 Å². The number of rotatable bonds is 12. The van der Waals surface area contributed by atoms with E-state index >= 15 is 0 Å². The molecule has 14 heteroatoms. The topological polar surface area (TPSA) is 180 Å². The fourth-order valence-corrected chi connectivity index (χ4v) is 7.71. The number of cyclic esters (lactones) is 1. The van der Waals surface area contributed by atoms with E-state index in [1.807, 2.05) is 0 Å². The minimum atomic E-state index is -3.37. The monoisotopic (exact) mass is 762 g/mol. The second-order valence-corrected chi connectivity index (χ2v) is 15.8. The van der Waals surface area contributed by atoms with E-state index in [1.54, 1.807) is 32.8 Å². The van der Waals surface area contributed by atoms with Gasteiger partial charge in [-0.2, -0.15) is 0 Å². The van der Waals surface area contributed by atoms with Crippen LogP contribution in [0.25, 0.3) is 0 Å². The lowest BCUT2D eigenvalue weighted by Gasteiger charge is -2.48. The molecule has 0 aromatic carbocycles. The molecule has 0 aromatic heterocycles. The van der Waals surface area contributed by atoms with Gasteiger partial charge in [0.2, 0.25) is 7.16 Å².